The number of aromatic nitrogens is 3. The van der Waals surface area contributed by atoms with E-state index in [2.05, 4.69) is 25.8 Å². The van der Waals surface area contributed by atoms with Crippen LogP contribution in [-0.2, 0) is 6.54 Å². The van der Waals surface area contributed by atoms with Gasteiger partial charge in [-0.15, -0.1) is 5.10 Å². The average molecular weight is 321 g/mol. The van der Waals surface area contributed by atoms with Crippen LogP contribution >= 0.6 is 0 Å². The molecule has 2 N–H and O–H groups in total. The Balaban J connectivity index is 1.42. The fraction of sp³-hybridized carbons (Fsp3) is 0.118. The van der Waals surface area contributed by atoms with Gasteiger partial charge in [-0.1, -0.05) is 24.3 Å². The Hall–Kier alpha value is -3.35. The molecular formula is C17H15N5O2. The molecular weight excluding hydrogens is 306 g/mol. The standard InChI is InChI=1S/C17H15N5O2/c1-2-4-13(5-3-1)20-16-10-19-22-17(21-16)18-9-12-6-7-14-15(8-12)24-11-23-14/h1-8,10H,9,11H2,(H2,18,20,21,22). The molecule has 4 rings (SSSR count). The average Bonchev–Trinajstić information content (AvgIpc) is 3.09. The van der Waals surface area contributed by atoms with E-state index in [4.69, 9.17) is 9.47 Å². The summed E-state index contributed by atoms with van der Waals surface area (Å²) in [6.45, 7) is 0.833. The van der Waals surface area contributed by atoms with Crippen molar-refractivity contribution in [3.8, 4) is 11.5 Å². The molecule has 2 aromatic carbocycles. The van der Waals surface area contributed by atoms with Crippen molar-refractivity contribution in [2.24, 2.45) is 0 Å². The van der Waals surface area contributed by atoms with Crippen molar-refractivity contribution in [2.45, 2.75) is 6.54 Å². The van der Waals surface area contributed by atoms with Gasteiger partial charge in [-0.25, -0.2) is 0 Å². The Labute approximate surface area is 138 Å². The number of nitrogens with zero attached hydrogens (tertiary/aromatic N) is 3. The number of para-hydroxylation sites is 1. The fourth-order valence-corrected chi connectivity index (χ4v) is 2.34. The number of hydrogen-bond acceptors (Lipinski definition) is 7. The molecule has 0 fully saturated rings. The second kappa shape index (κ2) is 6.41. The zero-order valence-electron chi connectivity index (χ0n) is 12.8. The minimum Gasteiger partial charge on any atom is -0.454 e. The summed E-state index contributed by atoms with van der Waals surface area (Å²) in [6.07, 6.45) is 1.58. The van der Waals surface area contributed by atoms with E-state index in [1.807, 2.05) is 48.5 Å². The Kier molecular flexibility index (Phi) is 3.81. The molecule has 0 amide bonds. The van der Waals surface area contributed by atoms with Crippen LogP contribution in [0.1, 0.15) is 5.56 Å². The highest BCUT2D eigenvalue weighted by molar-refractivity contribution is 5.55. The summed E-state index contributed by atoms with van der Waals surface area (Å²) in [5.41, 5.74) is 1.99. The van der Waals surface area contributed by atoms with Crippen LogP contribution in [0.2, 0.25) is 0 Å². The maximum atomic E-state index is 5.37. The first-order valence-electron chi connectivity index (χ1n) is 7.51. The van der Waals surface area contributed by atoms with Crippen LogP contribution in [0, 0.1) is 0 Å². The van der Waals surface area contributed by atoms with Gasteiger partial charge in [0.25, 0.3) is 0 Å². The molecule has 1 aliphatic rings. The highest BCUT2D eigenvalue weighted by Gasteiger charge is 2.13. The first-order chi connectivity index (χ1) is 11.9. The molecule has 7 heteroatoms. The van der Waals surface area contributed by atoms with E-state index < -0.39 is 0 Å². The molecule has 0 saturated heterocycles. The summed E-state index contributed by atoms with van der Waals surface area (Å²) < 4.78 is 10.7. The van der Waals surface area contributed by atoms with Crippen LogP contribution in [0.25, 0.3) is 0 Å². The van der Waals surface area contributed by atoms with Gasteiger partial charge in [0.05, 0.1) is 6.20 Å². The lowest BCUT2D eigenvalue weighted by Gasteiger charge is -2.08. The van der Waals surface area contributed by atoms with Crippen LogP contribution in [0.15, 0.2) is 54.7 Å². The number of rotatable bonds is 5. The van der Waals surface area contributed by atoms with Crippen molar-refractivity contribution in [3.63, 3.8) is 0 Å². The zero-order chi connectivity index (χ0) is 16.2. The summed E-state index contributed by atoms with van der Waals surface area (Å²) in [5, 5.41) is 14.3. The molecule has 2 heterocycles. The van der Waals surface area contributed by atoms with Crippen LogP contribution < -0.4 is 20.1 Å². The third-order valence-corrected chi connectivity index (χ3v) is 3.49. The summed E-state index contributed by atoms with van der Waals surface area (Å²) in [6, 6.07) is 15.6. The summed E-state index contributed by atoms with van der Waals surface area (Å²) in [5.74, 6) is 2.61. The molecule has 0 atom stereocenters. The third kappa shape index (κ3) is 3.19. The SMILES string of the molecule is c1ccc(Nc2cnnc(NCc3ccc4c(c3)OCO4)n2)cc1. The van der Waals surface area contributed by atoms with E-state index in [0.29, 0.717) is 18.3 Å². The topological polar surface area (TPSA) is 81.2 Å². The predicted octanol–water partition coefficient (Wildman–Crippen LogP) is 2.96. The second-order valence-corrected chi connectivity index (χ2v) is 5.20. The van der Waals surface area contributed by atoms with E-state index in [-0.39, 0.29) is 6.79 Å². The Morgan fingerprint density at radius 1 is 1.00 bits per heavy atom. The van der Waals surface area contributed by atoms with Crippen molar-refractivity contribution in [2.75, 3.05) is 17.4 Å². The fourth-order valence-electron chi connectivity index (χ4n) is 2.34. The second-order valence-electron chi connectivity index (χ2n) is 5.20. The molecule has 1 aromatic heterocycles. The number of fused-ring (bicyclic) bond motifs is 1. The predicted molar refractivity (Wildman–Crippen MR) is 89.4 cm³/mol. The Morgan fingerprint density at radius 2 is 1.88 bits per heavy atom. The molecule has 24 heavy (non-hydrogen) atoms. The molecule has 7 nitrogen and oxygen atoms in total. The van der Waals surface area contributed by atoms with Gasteiger partial charge < -0.3 is 20.1 Å². The minimum atomic E-state index is 0.270. The van der Waals surface area contributed by atoms with E-state index in [1.54, 1.807) is 6.20 Å². The smallest absolute Gasteiger partial charge is 0.244 e. The van der Waals surface area contributed by atoms with Crippen molar-refractivity contribution >= 4 is 17.5 Å². The van der Waals surface area contributed by atoms with Gasteiger partial charge in [0, 0.05) is 12.2 Å². The first kappa shape index (κ1) is 14.3. The van der Waals surface area contributed by atoms with Crippen molar-refractivity contribution < 1.29 is 9.47 Å². The van der Waals surface area contributed by atoms with Gasteiger partial charge in [0.2, 0.25) is 12.7 Å². The van der Waals surface area contributed by atoms with Crippen molar-refractivity contribution in [1.29, 1.82) is 0 Å². The van der Waals surface area contributed by atoms with E-state index in [9.17, 15) is 0 Å². The highest BCUT2D eigenvalue weighted by atomic mass is 16.7. The molecule has 0 bridgehead atoms. The molecule has 0 saturated carbocycles. The molecule has 0 unspecified atom stereocenters. The molecule has 0 aliphatic carbocycles. The number of anilines is 3. The Bertz CT molecular complexity index is 841. The third-order valence-electron chi connectivity index (χ3n) is 3.49. The molecule has 3 aromatic rings. The zero-order valence-corrected chi connectivity index (χ0v) is 12.8. The monoisotopic (exact) mass is 321 g/mol. The maximum Gasteiger partial charge on any atom is 0.244 e. The van der Waals surface area contributed by atoms with Gasteiger partial charge >= 0.3 is 0 Å². The quantitative estimate of drug-likeness (QED) is 0.747. The van der Waals surface area contributed by atoms with Crippen LogP contribution in [-0.4, -0.2) is 22.0 Å². The minimum absolute atomic E-state index is 0.270. The van der Waals surface area contributed by atoms with Gasteiger partial charge in [-0.3, -0.25) is 0 Å². The number of hydrogen-bond donors (Lipinski definition) is 2. The van der Waals surface area contributed by atoms with Gasteiger partial charge in [0.1, 0.15) is 0 Å². The van der Waals surface area contributed by atoms with Crippen LogP contribution in [0.5, 0.6) is 11.5 Å². The normalized spacial score (nSPS) is 12.0. The highest BCUT2D eigenvalue weighted by Crippen LogP contribution is 2.32. The van der Waals surface area contributed by atoms with Crippen LogP contribution in [0.4, 0.5) is 17.5 Å². The van der Waals surface area contributed by atoms with E-state index in [0.717, 1.165) is 22.7 Å². The van der Waals surface area contributed by atoms with E-state index in [1.165, 1.54) is 0 Å². The largest absolute Gasteiger partial charge is 0.454 e. The molecule has 120 valence electrons. The maximum absolute atomic E-state index is 5.37. The molecule has 0 radical (unpaired) electrons. The van der Waals surface area contributed by atoms with Gasteiger partial charge in [-0.2, -0.15) is 10.1 Å². The number of nitrogens with one attached hydrogen (secondary N) is 2. The molecule has 1 aliphatic heterocycles. The Morgan fingerprint density at radius 3 is 2.79 bits per heavy atom. The first-order valence-corrected chi connectivity index (χ1v) is 7.51. The van der Waals surface area contributed by atoms with Crippen LogP contribution in [0.3, 0.4) is 0 Å². The number of benzene rings is 2. The van der Waals surface area contributed by atoms with Gasteiger partial charge in [-0.05, 0) is 29.8 Å². The lowest BCUT2D eigenvalue weighted by Crippen LogP contribution is -2.06. The molecule has 0 spiro atoms. The van der Waals surface area contributed by atoms with E-state index >= 15 is 0 Å². The summed E-state index contributed by atoms with van der Waals surface area (Å²) >= 11 is 0. The lowest BCUT2D eigenvalue weighted by atomic mass is 10.2. The number of ether oxygens (including phenoxy) is 2. The summed E-state index contributed by atoms with van der Waals surface area (Å²) in [4.78, 5) is 4.40. The van der Waals surface area contributed by atoms with Gasteiger partial charge in [0.15, 0.2) is 17.3 Å². The summed E-state index contributed by atoms with van der Waals surface area (Å²) in [7, 11) is 0. The lowest BCUT2D eigenvalue weighted by molar-refractivity contribution is 0.174. The van der Waals surface area contributed by atoms with Crippen molar-refractivity contribution in [1.82, 2.24) is 15.2 Å². The van der Waals surface area contributed by atoms with Crippen molar-refractivity contribution in [3.05, 3.63) is 60.3 Å².